The van der Waals surface area contributed by atoms with E-state index in [9.17, 15) is 9.90 Å². The Morgan fingerprint density at radius 2 is 2.07 bits per heavy atom. The molecule has 0 amide bonds. The van der Waals surface area contributed by atoms with Crippen LogP contribution in [0.2, 0.25) is 0 Å². The highest BCUT2D eigenvalue weighted by molar-refractivity contribution is 5.69. The molecule has 0 bridgehead atoms. The maximum atomic E-state index is 10.9. The number of methoxy groups -OCH3 is 1. The lowest BCUT2D eigenvalue weighted by Crippen LogP contribution is -2.19. The van der Waals surface area contributed by atoms with Gasteiger partial charge in [0.1, 0.15) is 0 Å². The number of hydrogen-bond donors (Lipinski definition) is 1. The van der Waals surface area contributed by atoms with E-state index in [1.54, 1.807) is 0 Å². The molecule has 1 unspecified atom stereocenters. The normalized spacial score (nSPS) is 20.4. The van der Waals surface area contributed by atoms with Gasteiger partial charge in [0.25, 0.3) is 0 Å². The Morgan fingerprint density at radius 3 is 2.64 bits per heavy atom. The fraction of sp³-hybridized carbons (Fsp3) is 0.909. The summed E-state index contributed by atoms with van der Waals surface area (Å²) in [5.74, 6) is 0.303. The molecule has 0 radical (unpaired) electrons. The van der Waals surface area contributed by atoms with E-state index < -0.39 is 6.10 Å². The number of hydrogen-bond acceptors (Lipinski definition) is 3. The topological polar surface area (TPSA) is 46.5 Å². The monoisotopic (exact) mass is 200 g/mol. The van der Waals surface area contributed by atoms with Crippen LogP contribution in [0.4, 0.5) is 0 Å². The summed E-state index contributed by atoms with van der Waals surface area (Å²) in [6, 6.07) is 0. The predicted molar refractivity (Wildman–Crippen MR) is 53.8 cm³/mol. The first-order valence-corrected chi connectivity index (χ1v) is 5.47. The van der Waals surface area contributed by atoms with Gasteiger partial charge in [0.2, 0.25) is 0 Å². The molecular formula is C11H20O3. The van der Waals surface area contributed by atoms with Crippen LogP contribution in [-0.4, -0.2) is 24.3 Å². The summed E-state index contributed by atoms with van der Waals surface area (Å²) >= 11 is 0. The van der Waals surface area contributed by atoms with Crippen LogP contribution in [0.25, 0.3) is 0 Å². The summed E-state index contributed by atoms with van der Waals surface area (Å²) in [4.78, 5) is 10.9. The van der Waals surface area contributed by atoms with Crippen LogP contribution in [0.5, 0.6) is 0 Å². The number of rotatable bonds is 4. The lowest BCUT2D eigenvalue weighted by molar-refractivity contribution is -0.143. The minimum atomic E-state index is -0.509. The molecule has 0 heterocycles. The van der Waals surface area contributed by atoms with Crippen LogP contribution in [0.15, 0.2) is 0 Å². The zero-order valence-electron chi connectivity index (χ0n) is 8.87. The summed E-state index contributed by atoms with van der Waals surface area (Å²) in [5.41, 5.74) is 0. The number of aliphatic hydroxyl groups is 1. The van der Waals surface area contributed by atoms with Crippen LogP contribution in [0.3, 0.4) is 0 Å². The Kier molecular flexibility index (Phi) is 4.94. The van der Waals surface area contributed by atoms with Crippen molar-refractivity contribution in [2.75, 3.05) is 7.11 Å². The highest BCUT2D eigenvalue weighted by Gasteiger charge is 2.19. The fourth-order valence-corrected chi connectivity index (χ4v) is 2.17. The van der Waals surface area contributed by atoms with E-state index in [1.807, 2.05) is 0 Å². The quantitative estimate of drug-likeness (QED) is 0.705. The molecule has 3 nitrogen and oxygen atoms in total. The number of carbonyl (C=O) groups is 1. The smallest absolute Gasteiger partial charge is 0.308 e. The molecule has 1 fully saturated rings. The van der Waals surface area contributed by atoms with Gasteiger partial charge in [0.15, 0.2) is 0 Å². The van der Waals surface area contributed by atoms with Gasteiger partial charge in [-0.3, -0.25) is 4.79 Å². The largest absolute Gasteiger partial charge is 0.469 e. The zero-order valence-corrected chi connectivity index (χ0v) is 8.87. The first-order valence-electron chi connectivity index (χ1n) is 5.47. The third-order valence-electron chi connectivity index (χ3n) is 2.96. The average molecular weight is 200 g/mol. The second-order valence-corrected chi connectivity index (χ2v) is 4.17. The molecule has 1 aliphatic carbocycles. The van der Waals surface area contributed by atoms with Crippen LogP contribution >= 0.6 is 0 Å². The maximum Gasteiger partial charge on any atom is 0.308 e. The molecule has 1 rings (SSSR count). The molecule has 1 atom stereocenters. The van der Waals surface area contributed by atoms with Gasteiger partial charge < -0.3 is 9.84 Å². The molecule has 0 spiro atoms. The molecule has 0 saturated heterocycles. The van der Waals surface area contributed by atoms with Crippen molar-refractivity contribution >= 4 is 5.97 Å². The SMILES string of the molecule is COC(=O)CC(O)CC1CCCCC1. The Labute approximate surface area is 85.5 Å². The number of ether oxygens (including phenoxy) is 1. The molecule has 0 aliphatic heterocycles. The van der Waals surface area contributed by atoms with Crippen molar-refractivity contribution in [2.45, 2.75) is 51.0 Å². The molecule has 1 aliphatic rings. The van der Waals surface area contributed by atoms with Crippen LogP contribution < -0.4 is 0 Å². The standard InChI is InChI=1S/C11H20O3/c1-14-11(13)8-10(12)7-9-5-3-2-4-6-9/h9-10,12H,2-8H2,1H3. The second kappa shape index (κ2) is 6.02. The Hall–Kier alpha value is -0.570. The van der Waals surface area contributed by atoms with E-state index in [0.29, 0.717) is 5.92 Å². The van der Waals surface area contributed by atoms with Crippen LogP contribution in [0.1, 0.15) is 44.9 Å². The molecule has 82 valence electrons. The van der Waals surface area contributed by atoms with Crippen molar-refractivity contribution < 1.29 is 14.6 Å². The van der Waals surface area contributed by atoms with E-state index in [-0.39, 0.29) is 12.4 Å². The minimum Gasteiger partial charge on any atom is -0.469 e. The van der Waals surface area contributed by atoms with Gasteiger partial charge in [0, 0.05) is 0 Å². The number of aliphatic hydroxyl groups excluding tert-OH is 1. The molecule has 0 aromatic heterocycles. The Bertz CT molecular complexity index is 173. The first kappa shape index (κ1) is 11.5. The van der Waals surface area contributed by atoms with Crippen LogP contribution in [-0.2, 0) is 9.53 Å². The van der Waals surface area contributed by atoms with Gasteiger partial charge in [-0.2, -0.15) is 0 Å². The van der Waals surface area contributed by atoms with Crippen molar-refractivity contribution in [3.8, 4) is 0 Å². The highest BCUT2D eigenvalue weighted by atomic mass is 16.5. The third kappa shape index (κ3) is 4.09. The first-order chi connectivity index (χ1) is 6.72. The zero-order chi connectivity index (χ0) is 10.4. The van der Waals surface area contributed by atoms with Crippen molar-refractivity contribution in [1.29, 1.82) is 0 Å². The third-order valence-corrected chi connectivity index (χ3v) is 2.96. The molecule has 1 N–H and O–H groups in total. The molecule has 3 heteroatoms. The summed E-state index contributed by atoms with van der Waals surface area (Å²) < 4.78 is 4.51. The second-order valence-electron chi connectivity index (χ2n) is 4.17. The predicted octanol–water partition coefficient (Wildman–Crippen LogP) is 1.88. The van der Waals surface area contributed by atoms with Gasteiger partial charge in [-0.25, -0.2) is 0 Å². The van der Waals surface area contributed by atoms with E-state index in [2.05, 4.69) is 4.74 Å². The Morgan fingerprint density at radius 1 is 1.43 bits per heavy atom. The fourth-order valence-electron chi connectivity index (χ4n) is 2.17. The average Bonchev–Trinajstić information content (AvgIpc) is 2.19. The molecule has 14 heavy (non-hydrogen) atoms. The van der Waals surface area contributed by atoms with Gasteiger partial charge in [-0.1, -0.05) is 32.1 Å². The minimum absolute atomic E-state index is 0.146. The van der Waals surface area contributed by atoms with Crippen molar-refractivity contribution in [3.63, 3.8) is 0 Å². The van der Waals surface area contributed by atoms with Crippen molar-refractivity contribution in [2.24, 2.45) is 5.92 Å². The maximum absolute atomic E-state index is 10.9. The van der Waals surface area contributed by atoms with E-state index >= 15 is 0 Å². The summed E-state index contributed by atoms with van der Waals surface area (Å²) in [5, 5.41) is 9.60. The van der Waals surface area contributed by atoms with Gasteiger partial charge >= 0.3 is 5.97 Å². The number of esters is 1. The highest BCUT2D eigenvalue weighted by Crippen LogP contribution is 2.27. The lowest BCUT2D eigenvalue weighted by atomic mass is 9.85. The molecule has 0 aromatic rings. The molecular weight excluding hydrogens is 180 g/mol. The van der Waals surface area contributed by atoms with Crippen LogP contribution in [0, 0.1) is 5.92 Å². The Balaban J connectivity index is 2.18. The van der Waals surface area contributed by atoms with Gasteiger partial charge in [0.05, 0.1) is 19.6 Å². The summed E-state index contributed by atoms with van der Waals surface area (Å²) in [6.45, 7) is 0. The van der Waals surface area contributed by atoms with E-state index in [1.165, 1.54) is 39.2 Å². The molecule has 0 aromatic carbocycles. The van der Waals surface area contributed by atoms with Crippen molar-refractivity contribution in [3.05, 3.63) is 0 Å². The summed E-state index contributed by atoms with van der Waals surface area (Å²) in [6.07, 6.45) is 6.68. The number of carbonyl (C=O) groups excluding carboxylic acids is 1. The van der Waals surface area contributed by atoms with Gasteiger partial charge in [-0.05, 0) is 12.3 Å². The van der Waals surface area contributed by atoms with E-state index in [0.717, 1.165) is 6.42 Å². The van der Waals surface area contributed by atoms with E-state index in [4.69, 9.17) is 0 Å². The molecule has 1 saturated carbocycles. The summed E-state index contributed by atoms with van der Waals surface area (Å²) in [7, 11) is 1.36. The van der Waals surface area contributed by atoms with Gasteiger partial charge in [-0.15, -0.1) is 0 Å². The van der Waals surface area contributed by atoms with Crippen molar-refractivity contribution in [1.82, 2.24) is 0 Å². The lowest BCUT2D eigenvalue weighted by Gasteiger charge is -2.23.